The van der Waals surface area contributed by atoms with Crippen molar-refractivity contribution in [2.24, 2.45) is 5.92 Å². The fourth-order valence-electron chi connectivity index (χ4n) is 2.72. The maximum absolute atomic E-state index is 12.6. The number of carbonyl (C=O) groups excluding carboxylic acids is 2. The third-order valence-corrected chi connectivity index (χ3v) is 5.16. The quantitative estimate of drug-likeness (QED) is 0.735. The summed E-state index contributed by atoms with van der Waals surface area (Å²) < 4.78 is 16.2. The first-order valence-electron chi connectivity index (χ1n) is 8.48. The second-order valence-corrected chi connectivity index (χ2v) is 7.83. The minimum absolute atomic E-state index is 0.000179. The van der Waals surface area contributed by atoms with Gasteiger partial charge in [0.1, 0.15) is 18.4 Å². The molecule has 8 heteroatoms. The standard InChI is InChI=1S/C19H20ClNO5S/c1-11(2)16(21-18(22)15-4-3-5-27-15)19(23)25-9-13-7-14(20)6-12-8-24-10-26-17(12)13/h3-7,11,16H,8-10H2,1-2H3,(H,21,22)/t16-/m1/s1. The van der Waals surface area contributed by atoms with E-state index in [4.69, 9.17) is 25.8 Å². The second kappa shape index (κ2) is 8.73. The number of hydrogen-bond acceptors (Lipinski definition) is 6. The van der Waals surface area contributed by atoms with Crippen LogP contribution in [0.25, 0.3) is 0 Å². The monoisotopic (exact) mass is 409 g/mol. The number of halogens is 1. The number of carbonyl (C=O) groups is 2. The minimum atomic E-state index is -0.751. The Balaban J connectivity index is 1.68. The summed E-state index contributed by atoms with van der Waals surface area (Å²) in [7, 11) is 0. The number of benzene rings is 1. The van der Waals surface area contributed by atoms with Crippen LogP contribution in [0.3, 0.4) is 0 Å². The molecule has 1 amide bonds. The summed E-state index contributed by atoms with van der Waals surface area (Å²) in [6.07, 6.45) is 0. The number of rotatable bonds is 6. The Morgan fingerprint density at radius 3 is 2.89 bits per heavy atom. The van der Waals surface area contributed by atoms with Crippen molar-refractivity contribution in [3.05, 3.63) is 50.7 Å². The molecule has 1 atom stereocenters. The van der Waals surface area contributed by atoms with Gasteiger partial charge in [-0.15, -0.1) is 11.3 Å². The van der Waals surface area contributed by atoms with Crippen molar-refractivity contribution in [3.8, 4) is 5.75 Å². The van der Waals surface area contributed by atoms with E-state index in [1.54, 1.807) is 24.3 Å². The zero-order valence-electron chi connectivity index (χ0n) is 15.0. The van der Waals surface area contributed by atoms with Gasteiger partial charge in [-0.05, 0) is 29.5 Å². The Morgan fingerprint density at radius 1 is 1.37 bits per heavy atom. The molecule has 3 rings (SSSR count). The molecule has 144 valence electrons. The lowest BCUT2D eigenvalue weighted by molar-refractivity contribution is -0.148. The maximum Gasteiger partial charge on any atom is 0.329 e. The van der Waals surface area contributed by atoms with Gasteiger partial charge in [0.05, 0.1) is 11.5 Å². The van der Waals surface area contributed by atoms with Crippen molar-refractivity contribution < 1.29 is 23.8 Å². The summed E-state index contributed by atoms with van der Waals surface area (Å²) in [6.45, 7) is 4.23. The minimum Gasteiger partial charge on any atom is -0.467 e. The Kier molecular flexibility index (Phi) is 6.36. The lowest BCUT2D eigenvalue weighted by Gasteiger charge is -2.23. The third-order valence-electron chi connectivity index (χ3n) is 4.07. The SMILES string of the molecule is CC(C)[C@@H](NC(=O)c1cccs1)C(=O)OCc1cc(Cl)cc2c1OCOC2. The lowest BCUT2D eigenvalue weighted by Crippen LogP contribution is -2.45. The predicted molar refractivity (Wildman–Crippen MR) is 102 cm³/mol. The number of thiophene rings is 1. The summed E-state index contributed by atoms with van der Waals surface area (Å²) in [5.41, 5.74) is 1.48. The molecule has 27 heavy (non-hydrogen) atoms. The fourth-order valence-corrected chi connectivity index (χ4v) is 3.61. The van der Waals surface area contributed by atoms with Crippen LogP contribution in [0.4, 0.5) is 0 Å². The maximum atomic E-state index is 12.6. The average Bonchev–Trinajstić information content (AvgIpc) is 3.18. The molecular formula is C19H20ClNO5S. The van der Waals surface area contributed by atoms with E-state index >= 15 is 0 Å². The summed E-state index contributed by atoms with van der Waals surface area (Å²) in [5, 5.41) is 5.07. The van der Waals surface area contributed by atoms with Gasteiger partial charge in [0.25, 0.3) is 5.91 Å². The zero-order valence-corrected chi connectivity index (χ0v) is 16.6. The van der Waals surface area contributed by atoms with Gasteiger partial charge >= 0.3 is 5.97 Å². The molecule has 0 aliphatic carbocycles. The molecule has 0 saturated carbocycles. The second-order valence-electron chi connectivity index (χ2n) is 6.44. The van der Waals surface area contributed by atoms with E-state index in [0.717, 1.165) is 5.56 Å². The third kappa shape index (κ3) is 4.80. The molecule has 0 fully saturated rings. The molecule has 1 aromatic carbocycles. The zero-order chi connectivity index (χ0) is 19.4. The number of fused-ring (bicyclic) bond motifs is 1. The van der Waals surface area contributed by atoms with Gasteiger partial charge in [0.2, 0.25) is 0 Å². The van der Waals surface area contributed by atoms with Gasteiger partial charge in [-0.2, -0.15) is 0 Å². The van der Waals surface area contributed by atoms with Crippen LogP contribution < -0.4 is 10.1 Å². The molecule has 1 aliphatic rings. The highest BCUT2D eigenvalue weighted by molar-refractivity contribution is 7.12. The highest BCUT2D eigenvalue weighted by Crippen LogP contribution is 2.32. The molecule has 0 saturated heterocycles. The van der Waals surface area contributed by atoms with Crippen LogP contribution in [0, 0.1) is 5.92 Å². The van der Waals surface area contributed by atoms with Crippen LogP contribution in [0.2, 0.25) is 5.02 Å². The van der Waals surface area contributed by atoms with Gasteiger partial charge in [-0.3, -0.25) is 4.79 Å². The Morgan fingerprint density at radius 2 is 2.19 bits per heavy atom. The molecule has 1 aromatic heterocycles. The van der Waals surface area contributed by atoms with Gasteiger partial charge in [0.15, 0.2) is 6.79 Å². The smallest absolute Gasteiger partial charge is 0.329 e. The molecule has 0 radical (unpaired) electrons. The molecule has 0 spiro atoms. The van der Waals surface area contributed by atoms with Gasteiger partial charge in [-0.25, -0.2) is 4.79 Å². The predicted octanol–water partition coefficient (Wildman–Crippen LogP) is 3.77. The molecule has 0 unspecified atom stereocenters. The van der Waals surface area contributed by atoms with E-state index in [-0.39, 0.29) is 25.2 Å². The highest BCUT2D eigenvalue weighted by atomic mass is 35.5. The van der Waals surface area contributed by atoms with E-state index in [1.165, 1.54) is 11.3 Å². The number of ether oxygens (including phenoxy) is 3. The molecule has 2 aromatic rings. The number of hydrogen-bond donors (Lipinski definition) is 1. The Labute approximate surface area is 166 Å². The largest absolute Gasteiger partial charge is 0.467 e. The van der Waals surface area contributed by atoms with Crippen molar-refractivity contribution >= 4 is 34.8 Å². The molecule has 6 nitrogen and oxygen atoms in total. The highest BCUT2D eigenvalue weighted by Gasteiger charge is 2.27. The number of nitrogens with one attached hydrogen (secondary N) is 1. The van der Waals surface area contributed by atoms with Gasteiger partial charge in [-0.1, -0.05) is 31.5 Å². The van der Waals surface area contributed by atoms with Crippen molar-refractivity contribution in [2.45, 2.75) is 33.1 Å². The summed E-state index contributed by atoms with van der Waals surface area (Å²) in [5.74, 6) is -0.293. The topological polar surface area (TPSA) is 73.9 Å². The van der Waals surface area contributed by atoms with Crippen LogP contribution >= 0.6 is 22.9 Å². The van der Waals surface area contributed by atoms with Crippen molar-refractivity contribution in [2.75, 3.05) is 6.79 Å². The van der Waals surface area contributed by atoms with Crippen molar-refractivity contribution in [3.63, 3.8) is 0 Å². The first kappa shape index (κ1) is 19.7. The molecule has 1 N–H and O–H groups in total. The summed E-state index contributed by atoms with van der Waals surface area (Å²) in [6, 6.07) is 6.21. The number of esters is 1. The summed E-state index contributed by atoms with van der Waals surface area (Å²) >= 11 is 7.45. The Bertz CT molecular complexity index is 822. The van der Waals surface area contributed by atoms with Gasteiger partial charge in [0, 0.05) is 16.1 Å². The van der Waals surface area contributed by atoms with E-state index in [2.05, 4.69) is 5.32 Å². The fraction of sp³-hybridized carbons (Fsp3) is 0.368. The van der Waals surface area contributed by atoms with Gasteiger partial charge < -0.3 is 19.5 Å². The molecule has 1 aliphatic heterocycles. The van der Waals surface area contributed by atoms with Crippen LogP contribution in [0.1, 0.15) is 34.6 Å². The first-order valence-corrected chi connectivity index (χ1v) is 9.74. The Hall–Kier alpha value is -2.09. The first-order chi connectivity index (χ1) is 13.0. The molecular weight excluding hydrogens is 390 g/mol. The van der Waals surface area contributed by atoms with Crippen LogP contribution in [-0.2, 0) is 27.5 Å². The molecule has 2 heterocycles. The van der Waals surface area contributed by atoms with E-state index < -0.39 is 12.0 Å². The normalized spacial score (nSPS) is 14.2. The molecule has 0 bridgehead atoms. The lowest BCUT2D eigenvalue weighted by atomic mass is 10.0. The van der Waals surface area contributed by atoms with E-state index in [9.17, 15) is 9.59 Å². The average molecular weight is 410 g/mol. The van der Waals surface area contributed by atoms with Crippen molar-refractivity contribution in [1.82, 2.24) is 5.32 Å². The van der Waals surface area contributed by atoms with Crippen LogP contribution in [0.15, 0.2) is 29.6 Å². The van der Waals surface area contributed by atoms with Crippen LogP contribution in [-0.4, -0.2) is 24.7 Å². The summed E-state index contributed by atoms with van der Waals surface area (Å²) in [4.78, 5) is 25.4. The number of amides is 1. The van der Waals surface area contributed by atoms with E-state index in [1.807, 2.05) is 19.2 Å². The van der Waals surface area contributed by atoms with Crippen LogP contribution in [0.5, 0.6) is 5.75 Å². The van der Waals surface area contributed by atoms with Crippen molar-refractivity contribution in [1.29, 1.82) is 0 Å². The van der Waals surface area contributed by atoms with E-state index in [0.29, 0.717) is 27.8 Å².